The minimum atomic E-state index is -0.886. The fourth-order valence-electron chi connectivity index (χ4n) is 3.61. The Morgan fingerprint density at radius 3 is 2.61 bits per heavy atom. The van der Waals surface area contributed by atoms with Crippen LogP contribution < -0.4 is 15.5 Å². The summed E-state index contributed by atoms with van der Waals surface area (Å²) in [6.07, 6.45) is 1.38. The molecule has 3 aromatic carbocycles. The molecule has 1 heterocycles. The number of carbonyl (C=O) groups is 3. The monoisotopic (exact) mass is 445 g/mol. The van der Waals surface area contributed by atoms with E-state index >= 15 is 0 Å². The number of nitrogens with one attached hydrogen (secondary N) is 2. The Morgan fingerprint density at radius 2 is 1.82 bits per heavy atom. The molecule has 2 N–H and O–H groups in total. The van der Waals surface area contributed by atoms with Crippen LogP contribution >= 0.6 is 0 Å². The second-order valence-electron chi connectivity index (χ2n) is 7.45. The van der Waals surface area contributed by atoms with Gasteiger partial charge < -0.3 is 10.1 Å². The van der Waals surface area contributed by atoms with Crippen molar-refractivity contribution in [1.29, 1.82) is 0 Å². The summed E-state index contributed by atoms with van der Waals surface area (Å²) < 4.78 is 18.6. The topological polar surface area (TPSA) is 96.9 Å². The number of hydrogen-bond acceptors (Lipinski definition) is 5. The van der Waals surface area contributed by atoms with Crippen molar-refractivity contribution in [3.8, 4) is 5.75 Å². The van der Waals surface area contributed by atoms with E-state index in [1.165, 1.54) is 24.4 Å². The van der Waals surface area contributed by atoms with E-state index in [1.54, 1.807) is 24.3 Å². The van der Waals surface area contributed by atoms with E-state index < -0.39 is 23.6 Å². The third kappa shape index (κ3) is 5.30. The number of ether oxygens (including phenoxy) is 1. The van der Waals surface area contributed by atoms with Gasteiger partial charge in [-0.3, -0.25) is 9.59 Å². The number of halogens is 1. The molecule has 0 aliphatic carbocycles. The van der Waals surface area contributed by atoms with Gasteiger partial charge in [0.25, 0.3) is 5.91 Å². The smallest absolute Gasteiger partial charge is 0.343 e. The summed E-state index contributed by atoms with van der Waals surface area (Å²) in [5.74, 6) is -3.02. The molecule has 33 heavy (non-hydrogen) atoms. The number of rotatable bonds is 6. The van der Waals surface area contributed by atoms with Crippen LogP contribution in [0.1, 0.15) is 27.4 Å². The van der Waals surface area contributed by atoms with E-state index in [4.69, 9.17) is 4.74 Å². The predicted octanol–water partition coefficient (Wildman–Crippen LogP) is 3.02. The van der Waals surface area contributed by atoms with Gasteiger partial charge in [0.2, 0.25) is 5.91 Å². The molecule has 0 spiro atoms. The highest BCUT2D eigenvalue weighted by Crippen LogP contribution is 2.29. The zero-order valence-corrected chi connectivity index (χ0v) is 17.4. The SMILES string of the molecule is O=C(Oc1cccc(/C=N/NC(=O)[C@H]2C(=O)NC[C@@H]2c2ccccc2)c1)c1cccc(F)c1. The van der Waals surface area contributed by atoms with Gasteiger partial charge in [-0.05, 0) is 41.5 Å². The second-order valence-corrected chi connectivity index (χ2v) is 7.45. The lowest BCUT2D eigenvalue weighted by atomic mass is 9.88. The molecule has 2 amide bonds. The van der Waals surface area contributed by atoms with Crippen LogP contribution in [-0.4, -0.2) is 30.5 Å². The molecule has 0 bridgehead atoms. The third-order valence-electron chi connectivity index (χ3n) is 5.21. The Labute approximate surface area is 189 Å². The minimum absolute atomic E-state index is 0.0872. The fourth-order valence-corrected chi connectivity index (χ4v) is 3.61. The molecule has 4 rings (SSSR count). The highest BCUT2D eigenvalue weighted by Gasteiger charge is 2.40. The Hall–Kier alpha value is -4.33. The van der Waals surface area contributed by atoms with Crippen molar-refractivity contribution in [1.82, 2.24) is 10.7 Å². The molecule has 8 heteroatoms. The molecule has 0 unspecified atom stereocenters. The molecule has 1 aliphatic heterocycles. The van der Waals surface area contributed by atoms with Gasteiger partial charge in [-0.1, -0.05) is 48.5 Å². The van der Waals surface area contributed by atoms with E-state index in [9.17, 15) is 18.8 Å². The van der Waals surface area contributed by atoms with E-state index in [1.807, 2.05) is 30.3 Å². The zero-order valence-electron chi connectivity index (χ0n) is 17.4. The number of benzene rings is 3. The Balaban J connectivity index is 1.39. The third-order valence-corrected chi connectivity index (χ3v) is 5.21. The number of esters is 1. The van der Waals surface area contributed by atoms with Crippen molar-refractivity contribution in [2.24, 2.45) is 11.0 Å². The first kappa shape index (κ1) is 21.9. The maximum absolute atomic E-state index is 13.3. The van der Waals surface area contributed by atoms with Gasteiger partial charge >= 0.3 is 5.97 Å². The summed E-state index contributed by atoms with van der Waals surface area (Å²) in [4.78, 5) is 37.1. The number of nitrogens with zero attached hydrogens (tertiary/aromatic N) is 1. The maximum atomic E-state index is 13.3. The first-order valence-corrected chi connectivity index (χ1v) is 10.2. The first-order valence-electron chi connectivity index (χ1n) is 10.2. The molecular weight excluding hydrogens is 425 g/mol. The molecule has 2 atom stereocenters. The summed E-state index contributed by atoms with van der Waals surface area (Å²) >= 11 is 0. The number of carbonyl (C=O) groups excluding carboxylic acids is 3. The van der Waals surface area contributed by atoms with E-state index in [2.05, 4.69) is 15.8 Å². The molecule has 3 aromatic rings. The van der Waals surface area contributed by atoms with Gasteiger partial charge in [-0.15, -0.1) is 0 Å². The van der Waals surface area contributed by atoms with Crippen LogP contribution in [0.3, 0.4) is 0 Å². The number of amides is 2. The predicted molar refractivity (Wildman–Crippen MR) is 119 cm³/mol. The van der Waals surface area contributed by atoms with E-state index in [0.29, 0.717) is 12.1 Å². The first-order chi connectivity index (χ1) is 16.0. The molecule has 0 aromatic heterocycles. The quantitative estimate of drug-likeness (QED) is 0.200. The van der Waals surface area contributed by atoms with Crippen molar-refractivity contribution in [3.63, 3.8) is 0 Å². The van der Waals surface area contributed by atoms with Crippen molar-refractivity contribution >= 4 is 24.0 Å². The van der Waals surface area contributed by atoms with Crippen molar-refractivity contribution in [3.05, 3.63) is 101 Å². The van der Waals surface area contributed by atoms with Crippen LogP contribution in [0.25, 0.3) is 0 Å². The lowest BCUT2D eigenvalue weighted by Crippen LogP contribution is -2.34. The van der Waals surface area contributed by atoms with Crippen molar-refractivity contribution < 1.29 is 23.5 Å². The molecule has 0 saturated carbocycles. The highest BCUT2D eigenvalue weighted by atomic mass is 19.1. The van der Waals surface area contributed by atoms with E-state index in [-0.39, 0.29) is 23.1 Å². The number of hydrazone groups is 1. The molecule has 7 nitrogen and oxygen atoms in total. The van der Waals surface area contributed by atoms with Crippen LogP contribution in [0.2, 0.25) is 0 Å². The van der Waals surface area contributed by atoms with Crippen LogP contribution in [0, 0.1) is 11.7 Å². The molecule has 166 valence electrons. The van der Waals surface area contributed by atoms with Crippen molar-refractivity contribution in [2.75, 3.05) is 6.54 Å². The lowest BCUT2D eigenvalue weighted by molar-refractivity contribution is -0.133. The van der Waals surface area contributed by atoms with Gasteiger partial charge in [0.1, 0.15) is 17.5 Å². The van der Waals surface area contributed by atoms with Gasteiger partial charge in [-0.25, -0.2) is 14.6 Å². The van der Waals surface area contributed by atoms with Gasteiger partial charge in [0, 0.05) is 12.5 Å². The normalized spacial score (nSPS) is 17.5. The van der Waals surface area contributed by atoms with Crippen LogP contribution in [-0.2, 0) is 9.59 Å². The van der Waals surface area contributed by atoms with Crippen LogP contribution in [0.4, 0.5) is 4.39 Å². The van der Waals surface area contributed by atoms with Gasteiger partial charge in [0.15, 0.2) is 0 Å². The molecule has 1 aliphatic rings. The zero-order chi connectivity index (χ0) is 23.2. The highest BCUT2D eigenvalue weighted by molar-refractivity contribution is 6.03. The largest absolute Gasteiger partial charge is 0.423 e. The van der Waals surface area contributed by atoms with Gasteiger partial charge in [0.05, 0.1) is 11.8 Å². The Morgan fingerprint density at radius 1 is 1.03 bits per heavy atom. The van der Waals surface area contributed by atoms with Crippen LogP contribution in [0.15, 0.2) is 84.0 Å². The molecule has 1 saturated heterocycles. The summed E-state index contributed by atoms with van der Waals surface area (Å²) in [6, 6.07) is 21.0. The second kappa shape index (κ2) is 9.86. The van der Waals surface area contributed by atoms with Gasteiger partial charge in [-0.2, -0.15) is 5.10 Å². The fraction of sp³-hybridized carbons (Fsp3) is 0.120. The molecule has 0 radical (unpaired) electrons. The molecular formula is C25H20FN3O4. The summed E-state index contributed by atoms with van der Waals surface area (Å²) in [5, 5.41) is 6.67. The minimum Gasteiger partial charge on any atom is -0.423 e. The van der Waals surface area contributed by atoms with Crippen LogP contribution in [0.5, 0.6) is 5.75 Å². The summed E-state index contributed by atoms with van der Waals surface area (Å²) in [6.45, 7) is 0.378. The Kier molecular flexibility index (Phi) is 6.54. The molecule has 1 fully saturated rings. The number of hydrogen-bond donors (Lipinski definition) is 2. The average molecular weight is 445 g/mol. The van der Waals surface area contributed by atoms with Crippen molar-refractivity contribution in [2.45, 2.75) is 5.92 Å². The summed E-state index contributed by atoms with van der Waals surface area (Å²) in [7, 11) is 0. The van der Waals surface area contributed by atoms with E-state index in [0.717, 1.165) is 11.6 Å². The maximum Gasteiger partial charge on any atom is 0.343 e. The lowest BCUT2D eigenvalue weighted by Gasteiger charge is -2.15. The standard InChI is InChI=1S/C25H20FN3O4/c26-19-10-5-9-18(13-19)25(32)33-20-11-4-6-16(12-20)14-28-29-24(31)22-21(15-27-23(22)30)17-7-2-1-3-8-17/h1-14,21-22H,15H2,(H,27,30)(H,29,31)/b28-14+/t21-,22-/m1/s1. The Bertz CT molecular complexity index is 1210. The summed E-state index contributed by atoms with van der Waals surface area (Å²) in [5.41, 5.74) is 3.95. The average Bonchev–Trinajstić information content (AvgIpc) is 3.21.